The monoisotopic (exact) mass is 376 g/mol. The van der Waals surface area contributed by atoms with Crippen LogP contribution in [0.4, 0.5) is 0 Å². The minimum Gasteiger partial charge on any atom is -0.468 e. The molecule has 0 saturated carbocycles. The predicted octanol–water partition coefficient (Wildman–Crippen LogP) is 3.33. The molecule has 9 heteroatoms. The Morgan fingerprint density at radius 1 is 1.00 bits per heavy atom. The van der Waals surface area contributed by atoms with E-state index in [1.165, 1.54) is 12.3 Å². The van der Waals surface area contributed by atoms with Crippen LogP contribution < -0.4 is 0 Å². The number of furan rings is 1. The van der Waals surface area contributed by atoms with Crippen molar-refractivity contribution in [1.82, 2.24) is 0 Å². The van der Waals surface area contributed by atoms with Gasteiger partial charge in [0.1, 0.15) is 11.4 Å². The summed E-state index contributed by atoms with van der Waals surface area (Å²) in [5, 5.41) is 0. The summed E-state index contributed by atoms with van der Waals surface area (Å²) in [5.41, 5.74) is -1.31. The Hall–Kier alpha value is -1.63. The molecule has 0 unspecified atom stereocenters. The summed E-state index contributed by atoms with van der Waals surface area (Å²) in [6, 6.07) is 3.05. The largest absolute Gasteiger partial charge is 0.468 e. The maximum Gasteiger partial charge on any atom is 0.342 e. The Morgan fingerprint density at radius 2 is 1.52 bits per heavy atom. The van der Waals surface area contributed by atoms with Gasteiger partial charge in [-0.25, -0.2) is 0 Å². The highest BCUT2D eigenvalue weighted by Gasteiger charge is 2.52. The number of carbonyl (C=O) groups excluding carboxylic acids is 2. The number of carbonyl (C=O) groups is 2. The standard InChI is InChI=1S/C16H25O8P/c1-5-20-15(17)13(16(18)21-6-2)14(12-10-9-11-22-12)25(19,23-7-3)24-8-4/h9-11,13-14H,5-8H2,1-4H3/t14-/m0/s1. The van der Waals surface area contributed by atoms with Gasteiger partial charge in [-0.05, 0) is 39.8 Å². The zero-order valence-corrected chi connectivity index (χ0v) is 15.8. The van der Waals surface area contributed by atoms with Crippen LogP contribution in [0.2, 0.25) is 0 Å². The molecule has 0 bridgehead atoms. The normalized spacial score (nSPS) is 12.8. The molecule has 0 aliphatic carbocycles. The van der Waals surface area contributed by atoms with Crippen LogP contribution in [0.15, 0.2) is 22.8 Å². The lowest BCUT2D eigenvalue weighted by molar-refractivity contribution is -0.162. The fourth-order valence-corrected chi connectivity index (χ4v) is 4.52. The van der Waals surface area contributed by atoms with Crippen molar-refractivity contribution in [3.8, 4) is 0 Å². The van der Waals surface area contributed by atoms with Gasteiger partial charge in [0.15, 0.2) is 5.92 Å². The topological polar surface area (TPSA) is 101 Å². The molecule has 0 aliphatic heterocycles. The highest BCUT2D eigenvalue weighted by molar-refractivity contribution is 7.54. The summed E-state index contributed by atoms with van der Waals surface area (Å²) in [5.74, 6) is -3.16. The van der Waals surface area contributed by atoms with Crippen LogP contribution in [0.25, 0.3) is 0 Å². The second kappa shape index (κ2) is 10.4. The van der Waals surface area contributed by atoms with E-state index in [0.717, 1.165) is 0 Å². The first-order chi connectivity index (χ1) is 11.9. The van der Waals surface area contributed by atoms with E-state index < -0.39 is 31.1 Å². The van der Waals surface area contributed by atoms with Gasteiger partial charge in [-0.3, -0.25) is 14.2 Å². The number of hydrogen-bond acceptors (Lipinski definition) is 8. The van der Waals surface area contributed by atoms with Crippen molar-refractivity contribution >= 4 is 19.5 Å². The van der Waals surface area contributed by atoms with Crippen LogP contribution in [0, 0.1) is 5.92 Å². The molecule has 1 atom stereocenters. The molecule has 0 fully saturated rings. The Balaban J connectivity index is 3.46. The molecule has 142 valence electrons. The van der Waals surface area contributed by atoms with Crippen LogP contribution in [0.1, 0.15) is 39.1 Å². The van der Waals surface area contributed by atoms with Gasteiger partial charge in [0.2, 0.25) is 0 Å². The van der Waals surface area contributed by atoms with Crippen molar-refractivity contribution in [3.05, 3.63) is 24.2 Å². The molecule has 0 amide bonds. The second-order valence-electron chi connectivity index (χ2n) is 4.82. The van der Waals surface area contributed by atoms with Crippen LogP contribution in [0.5, 0.6) is 0 Å². The molecular formula is C16H25O8P. The summed E-state index contributed by atoms with van der Waals surface area (Å²) in [7, 11) is -3.92. The van der Waals surface area contributed by atoms with E-state index in [2.05, 4.69) is 0 Å². The van der Waals surface area contributed by atoms with Crippen LogP contribution in [-0.2, 0) is 32.7 Å². The van der Waals surface area contributed by atoms with E-state index in [0.29, 0.717) is 0 Å². The third-order valence-electron chi connectivity index (χ3n) is 3.19. The maximum atomic E-state index is 13.4. The SMILES string of the molecule is CCOC(=O)C(C(=O)OCC)[C@H](c1ccco1)P(=O)(OCC)OCC. The second-order valence-corrected chi connectivity index (χ2v) is 6.97. The van der Waals surface area contributed by atoms with Gasteiger partial charge in [0.05, 0.1) is 32.7 Å². The first-order valence-electron chi connectivity index (χ1n) is 8.20. The van der Waals surface area contributed by atoms with Gasteiger partial charge in [0, 0.05) is 0 Å². The van der Waals surface area contributed by atoms with Crippen LogP contribution >= 0.6 is 7.60 Å². The average Bonchev–Trinajstić information content (AvgIpc) is 3.06. The Bertz CT molecular complexity index is 555. The third kappa shape index (κ3) is 5.42. The quantitative estimate of drug-likeness (QED) is 0.329. The van der Waals surface area contributed by atoms with Crippen LogP contribution in [0.3, 0.4) is 0 Å². The highest BCUT2D eigenvalue weighted by Crippen LogP contribution is 2.64. The van der Waals surface area contributed by atoms with Gasteiger partial charge in [-0.15, -0.1) is 0 Å². The van der Waals surface area contributed by atoms with Gasteiger partial charge in [-0.2, -0.15) is 0 Å². The molecule has 1 aromatic heterocycles. The van der Waals surface area contributed by atoms with E-state index >= 15 is 0 Å². The maximum absolute atomic E-state index is 13.4. The molecule has 1 heterocycles. The van der Waals surface area contributed by atoms with Crippen molar-refractivity contribution in [3.63, 3.8) is 0 Å². The molecule has 25 heavy (non-hydrogen) atoms. The Kier molecular flexibility index (Phi) is 8.89. The van der Waals surface area contributed by atoms with E-state index in [4.69, 9.17) is 22.9 Å². The summed E-state index contributed by atoms with van der Waals surface area (Å²) < 4.78 is 39.4. The van der Waals surface area contributed by atoms with Crippen molar-refractivity contribution in [1.29, 1.82) is 0 Å². The molecule has 1 rings (SSSR count). The molecule has 0 spiro atoms. The van der Waals surface area contributed by atoms with E-state index in [-0.39, 0.29) is 32.2 Å². The van der Waals surface area contributed by atoms with Crippen LogP contribution in [-0.4, -0.2) is 38.4 Å². The third-order valence-corrected chi connectivity index (χ3v) is 5.66. The summed E-state index contributed by atoms with van der Waals surface area (Å²) >= 11 is 0. The molecule has 0 N–H and O–H groups in total. The first-order valence-corrected chi connectivity index (χ1v) is 9.81. The number of hydrogen-bond donors (Lipinski definition) is 0. The van der Waals surface area contributed by atoms with E-state index in [1.807, 2.05) is 0 Å². The minimum absolute atomic E-state index is 0.0488. The van der Waals surface area contributed by atoms with Gasteiger partial charge in [-0.1, -0.05) is 0 Å². The zero-order valence-electron chi connectivity index (χ0n) is 14.9. The molecule has 0 saturated heterocycles. The first kappa shape index (κ1) is 21.4. The van der Waals surface area contributed by atoms with E-state index in [1.54, 1.807) is 33.8 Å². The van der Waals surface area contributed by atoms with Crippen molar-refractivity contribution in [2.24, 2.45) is 5.92 Å². The highest BCUT2D eigenvalue weighted by atomic mass is 31.2. The molecular weight excluding hydrogens is 351 g/mol. The summed E-state index contributed by atoms with van der Waals surface area (Å²) in [6.07, 6.45) is 1.35. The molecule has 8 nitrogen and oxygen atoms in total. The zero-order chi connectivity index (χ0) is 18.9. The Labute approximate surface area is 147 Å². The number of rotatable bonds is 11. The molecule has 0 radical (unpaired) electrons. The van der Waals surface area contributed by atoms with Gasteiger partial charge >= 0.3 is 19.5 Å². The van der Waals surface area contributed by atoms with Crippen molar-refractivity contribution < 1.29 is 37.1 Å². The number of ether oxygens (including phenoxy) is 2. The minimum atomic E-state index is -3.92. The molecule has 0 aromatic carbocycles. The molecule has 1 aromatic rings. The lowest BCUT2D eigenvalue weighted by atomic mass is 10.0. The lowest BCUT2D eigenvalue weighted by Gasteiger charge is -2.28. The molecule has 0 aliphatic rings. The average molecular weight is 376 g/mol. The van der Waals surface area contributed by atoms with E-state index in [9.17, 15) is 14.2 Å². The summed E-state index contributed by atoms with van der Waals surface area (Å²) in [4.78, 5) is 24.9. The lowest BCUT2D eigenvalue weighted by Crippen LogP contribution is -2.34. The van der Waals surface area contributed by atoms with Gasteiger partial charge < -0.3 is 22.9 Å². The number of esters is 2. The fraction of sp³-hybridized carbons (Fsp3) is 0.625. The predicted molar refractivity (Wildman–Crippen MR) is 89.1 cm³/mol. The van der Waals surface area contributed by atoms with Crippen molar-refractivity contribution in [2.45, 2.75) is 33.4 Å². The fourth-order valence-electron chi connectivity index (χ4n) is 2.34. The van der Waals surface area contributed by atoms with Gasteiger partial charge in [0.25, 0.3) is 0 Å². The Morgan fingerprint density at radius 3 is 1.88 bits per heavy atom. The van der Waals surface area contributed by atoms with Crippen molar-refractivity contribution in [2.75, 3.05) is 26.4 Å². The smallest absolute Gasteiger partial charge is 0.342 e. The summed E-state index contributed by atoms with van der Waals surface area (Å²) in [6.45, 7) is 6.70.